The van der Waals surface area contributed by atoms with E-state index in [1.54, 1.807) is 18.2 Å². The fourth-order valence-corrected chi connectivity index (χ4v) is 4.56. The topological polar surface area (TPSA) is 87.9 Å². The first-order valence-corrected chi connectivity index (χ1v) is 10.5. The molecule has 0 unspecified atom stereocenters. The van der Waals surface area contributed by atoms with Gasteiger partial charge in [0.15, 0.2) is 0 Å². The number of ether oxygens (including phenoxy) is 1. The summed E-state index contributed by atoms with van der Waals surface area (Å²) in [5.74, 6) is -0.00291. The van der Waals surface area contributed by atoms with Crippen molar-refractivity contribution in [2.75, 3.05) is 11.9 Å². The Labute approximate surface area is 182 Å². The van der Waals surface area contributed by atoms with E-state index in [4.69, 9.17) is 10.00 Å². The number of hydrogen-bond acceptors (Lipinski definition) is 6. The first-order valence-electron chi connectivity index (χ1n) is 9.69. The van der Waals surface area contributed by atoms with Gasteiger partial charge in [0.25, 0.3) is 0 Å². The van der Waals surface area contributed by atoms with Crippen LogP contribution in [0.4, 0.5) is 9.93 Å². The van der Waals surface area contributed by atoms with E-state index in [0.717, 1.165) is 16.7 Å². The maximum atomic E-state index is 12.4. The third-order valence-electron chi connectivity index (χ3n) is 5.22. The monoisotopic (exact) mass is 424 g/mol. The smallest absolute Gasteiger partial charge is 0.413 e. The lowest BCUT2D eigenvalue weighted by molar-refractivity contribution is 0.158. The molecule has 31 heavy (non-hydrogen) atoms. The van der Waals surface area contributed by atoms with Gasteiger partial charge in [-0.1, -0.05) is 72.0 Å². The Morgan fingerprint density at radius 2 is 1.71 bits per heavy atom. The van der Waals surface area contributed by atoms with Crippen molar-refractivity contribution in [1.82, 2.24) is 10.2 Å². The number of fused-ring (bicyclic) bond motifs is 3. The van der Waals surface area contributed by atoms with Crippen molar-refractivity contribution in [3.8, 4) is 27.8 Å². The zero-order chi connectivity index (χ0) is 21.2. The van der Waals surface area contributed by atoms with Crippen LogP contribution >= 0.6 is 11.3 Å². The summed E-state index contributed by atoms with van der Waals surface area (Å²) in [6.07, 6.45) is -0.574. The molecule has 0 saturated heterocycles. The van der Waals surface area contributed by atoms with Gasteiger partial charge in [0.2, 0.25) is 5.13 Å². The van der Waals surface area contributed by atoms with Crippen molar-refractivity contribution in [2.45, 2.75) is 5.92 Å². The Morgan fingerprint density at radius 1 is 1.00 bits per heavy atom. The molecule has 0 bridgehead atoms. The Bertz CT molecular complexity index is 1280. The van der Waals surface area contributed by atoms with E-state index >= 15 is 0 Å². The molecule has 1 aliphatic carbocycles. The molecule has 4 aromatic rings. The van der Waals surface area contributed by atoms with E-state index in [1.807, 2.05) is 30.3 Å². The van der Waals surface area contributed by atoms with Crippen molar-refractivity contribution in [1.29, 1.82) is 5.26 Å². The van der Waals surface area contributed by atoms with Gasteiger partial charge >= 0.3 is 6.09 Å². The number of carbonyl (C=O) groups is 1. The lowest BCUT2D eigenvalue weighted by Gasteiger charge is -2.13. The second kappa shape index (κ2) is 8.01. The summed E-state index contributed by atoms with van der Waals surface area (Å²) in [7, 11) is 0. The summed E-state index contributed by atoms with van der Waals surface area (Å²) in [5, 5.41) is 20.8. The largest absolute Gasteiger partial charge is 0.448 e. The minimum Gasteiger partial charge on any atom is -0.448 e. The number of rotatable bonds is 4. The van der Waals surface area contributed by atoms with E-state index in [1.165, 1.54) is 22.5 Å². The van der Waals surface area contributed by atoms with Crippen molar-refractivity contribution >= 4 is 22.6 Å². The van der Waals surface area contributed by atoms with E-state index in [2.05, 4.69) is 45.8 Å². The lowest BCUT2D eigenvalue weighted by atomic mass is 9.98. The van der Waals surface area contributed by atoms with Crippen LogP contribution in [0.5, 0.6) is 0 Å². The summed E-state index contributed by atoms with van der Waals surface area (Å²) in [6.45, 7) is 0.232. The predicted molar refractivity (Wildman–Crippen MR) is 119 cm³/mol. The average molecular weight is 424 g/mol. The van der Waals surface area contributed by atoms with Crippen LogP contribution in [0.15, 0.2) is 72.8 Å². The first kappa shape index (κ1) is 19.0. The van der Waals surface area contributed by atoms with Crippen molar-refractivity contribution in [3.63, 3.8) is 0 Å². The summed E-state index contributed by atoms with van der Waals surface area (Å²) in [4.78, 5) is 12.4. The molecule has 3 aromatic carbocycles. The van der Waals surface area contributed by atoms with Crippen molar-refractivity contribution < 1.29 is 9.53 Å². The van der Waals surface area contributed by atoms with Crippen LogP contribution in [0.3, 0.4) is 0 Å². The van der Waals surface area contributed by atoms with Gasteiger partial charge in [-0.2, -0.15) is 5.26 Å². The Morgan fingerprint density at radius 3 is 2.42 bits per heavy atom. The van der Waals surface area contributed by atoms with Crippen molar-refractivity contribution in [2.24, 2.45) is 0 Å². The number of carbonyl (C=O) groups excluding carboxylic acids is 1. The molecular weight excluding hydrogens is 408 g/mol. The second-order valence-corrected chi connectivity index (χ2v) is 8.03. The van der Waals surface area contributed by atoms with Gasteiger partial charge in [0.05, 0.1) is 11.6 Å². The second-order valence-electron chi connectivity index (χ2n) is 7.06. The molecule has 0 saturated carbocycles. The van der Waals surface area contributed by atoms with Gasteiger partial charge in [0, 0.05) is 11.5 Å². The van der Waals surface area contributed by atoms with Crippen LogP contribution in [-0.2, 0) is 4.74 Å². The molecule has 0 aliphatic heterocycles. The van der Waals surface area contributed by atoms with Crippen LogP contribution in [0.1, 0.15) is 22.6 Å². The van der Waals surface area contributed by atoms with Gasteiger partial charge in [-0.15, -0.1) is 10.2 Å². The van der Waals surface area contributed by atoms with Gasteiger partial charge in [-0.25, -0.2) is 4.79 Å². The zero-order valence-electron chi connectivity index (χ0n) is 16.3. The Hall–Kier alpha value is -4.02. The summed E-state index contributed by atoms with van der Waals surface area (Å²) in [6, 6.07) is 25.6. The summed E-state index contributed by atoms with van der Waals surface area (Å²) in [5.41, 5.74) is 6.00. The number of nitrogens with zero attached hydrogens (tertiary/aromatic N) is 3. The molecule has 0 spiro atoms. The average Bonchev–Trinajstić information content (AvgIpc) is 3.40. The van der Waals surface area contributed by atoms with E-state index in [9.17, 15) is 4.79 Å². The fourth-order valence-electron chi connectivity index (χ4n) is 3.83. The standard InChI is InChI=1S/C24H16N4O2S/c25-13-15-6-5-7-16(12-15)22-27-28-23(31-22)26-24(29)30-14-21-19-10-3-1-8-17(19)18-9-2-4-11-20(18)21/h1-12,21H,14H2,(H,26,28,29). The van der Waals surface area contributed by atoms with Crippen LogP contribution < -0.4 is 5.32 Å². The minimum absolute atomic E-state index is 0.00291. The highest BCUT2D eigenvalue weighted by molar-refractivity contribution is 7.18. The lowest BCUT2D eigenvalue weighted by Crippen LogP contribution is -2.17. The molecule has 5 rings (SSSR count). The first-order chi connectivity index (χ1) is 15.2. The summed E-state index contributed by atoms with van der Waals surface area (Å²) < 4.78 is 5.54. The zero-order valence-corrected chi connectivity index (χ0v) is 17.1. The van der Waals surface area contributed by atoms with Crippen LogP contribution in [0.25, 0.3) is 21.7 Å². The highest BCUT2D eigenvalue weighted by Crippen LogP contribution is 2.44. The number of amides is 1. The number of benzene rings is 3. The highest BCUT2D eigenvalue weighted by Gasteiger charge is 2.29. The Balaban J connectivity index is 1.27. The summed E-state index contributed by atoms with van der Waals surface area (Å²) >= 11 is 1.23. The van der Waals surface area contributed by atoms with Crippen molar-refractivity contribution in [3.05, 3.63) is 89.5 Å². The van der Waals surface area contributed by atoms with E-state index < -0.39 is 6.09 Å². The molecule has 0 fully saturated rings. The molecular formula is C24H16N4O2S. The SMILES string of the molecule is N#Cc1cccc(-c2nnc(NC(=O)OCC3c4ccccc4-c4ccccc43)s2)c1. The maximum Gasteiger partial charge on any atom is 0.413 e. The molecule has 150 valence electrons. The number of nitrogens with one attached hydrogen (secondary N) is 1. The van der Waals surface area contributed by atoms with Gasteiger partial charge < -0.3 is 4.74 Å². The molecule has 1 aromatic heterocycles. The van der Waals surface area contributed by atoms with Gasteiger partial charge in [-0.05, 0) is 34.4 Å². The van der Waals surface area contributed by atoms with E-state index in [0.29, 0.717) is 15.7 Å². The third-order valence-corrected chi connectivity index (χ3v) is 6.10. The third kappa shape index (κ3) is 3.65. The molecule has 6 nitrogen and oxygen atoms in total. The van der Waals surface area contributed by atoms with Crippen LogP contribution in [0, 0.1) is 11.3 Å². The number of hydrogen-bond donors (Lipinski definition) is 1. The number of nitriles is 1. The number of aromatic nitrogens is 2. The van der Waals surface area contributed by atoms with E-state index in [-0.39, 0.29) is 12.5 Å². The molecule has 1 heterocycles. The Kier molecular flexibility index (Phi) is 4.90. The molecule has 0 radical (unpaired) electrons. The fraction of sp³-hybridized carbons (Fsp3) is 0.0833. The van der Waals surface area contributed by atoms with Gasteiger partial charge in [0.1, 0.15) is 11.6 Å². The predicted octanol–water partition coefficient (Wildman–Crippen LogP) is 5.44. The van der Waals surface area contributed by atoms with Crippen LogP contribution in [0.2, 0.25) is 0 Å². The molecule has 1 amide bonds. The quantitative estimate of drug-likeness (QED) is 0.471. The molecule has 1 N–H and O–H groups in total. The molecule has 7 heteroatoms. The van der Waals surface area contributed by atoms with Crippen LogP contribution in [-0.4, -0.2) is 22.9 Å². The maximum absolute atomic E-state index is 12.4. The molecule has 0 atom stereocenters. The normalized spacial score (nSPS) is 12.0. The minimum atomic E-state index is -0.574. The number of anilines is 1. The molecule has 1 aliphatic rings. The van der Waals surface area contributed by atoms with Gasteiger partial charge in [-0.3, -0.25) is 5.32 Å². The highest BCUT2D eigenvalue weighted by atomic mass is 32.1.